The van der Waals surface area contributed by atoms with Crippen molar-refractivity contribution >= 4 is 29.4 Å². The van der Waals surface area contributed by atoms with Gasteiger partial charge in [-0.25, -0.2) is 10.3 Å². The summed E-state index contributed by atoms with van der Waals surface area (Å²) in [7, 11) is 0. The Bertz CT molecular complexity index is 1220. The molecule has 39 heavy (non-hydrogen) atoms. The first-order valence-corrected chi connectivity index (χ1v) is 12.7. The number of amides is 5. The van der Waals surface area contributed by atoms with Crippen LogP contribution in [0.3, 0.4) is 0 Å². The number of rotatable bonds is 13. The number of urea groups is 1. The molecule has 6 N–H and O–H groups in total. The summed E-state index contributed by atoms with van der Waals surface area (Å²) in [5.41, 5.74) is 4.07. The maximum absolute atomic E-state index is 13.0. The van der Waals surface area contributed by atoms with Crippen LogP contribution in [0.1, 0.15) is 53.2 Å². The topological polar surface area (TPSA) is 149 Å². The van der Waals surface area contributed by atoms with Crippen LogP contribution in [0.5, 0.6) is 0 Å². The molecule has 3 rings (SSSR count). The van der Waals surface area contributed by atoms with Crippen LogP contribution in [0, 0.1) is 0 Å². The van der Waals surface area contributed by atoms with Gasteiger partial charge in [0.05, 0.1) is 0 Å². The minimum absolute atomic E-state index is 0.233. The van der Waals surface area contributed by atoms with Crippen molar-refractivity contribution in [2.45, 2.75) is 38.3 Å². The second-order valence-corrected chi connectivity index (χ2v) is 8.82. The molecule has 0 radical (unpaired) electrons. The van der Waals surface area contributed by atoms with Crippen molar-refractivity contribution in [3.8, 4) is 0 Å². The standard InChI is InChI=1S/C29H33N5O5/c35-25(34-39)14-8-3-9-19-30-27(36)23-15-17-24(18-16-23)32-29(38)33-26(22-12-6-2-7-13-22)28(37)31-20-21-10-4-1-5-11-21/h1-2,4-7,10-13,15-18,26,39H,3,8-9,14,19-20H2,(H,30,36)(H,31,37)(H,34,35)(H2,32,33,38)/t26-/m0/s1. The van der Waals surface area contributed by atoms with Gasteiger partial charge in [-0.15, -0.1) is 0 Å². The number of hydrogen-bond donors (Lipinski definition) is 6. The molecule has 5 amide bonds. The van der Waals surface area contributed by atoms with E-state index in [4.69, 9.17) is 5.21 Å². The summed E-state index contributed by atoms with van der Waals surface area (Å²) in [5.74, 6) is -1.02. The summed E-state index contributed by atoms with van der Waals surface area (Å²) in [6.07, 6.45) is 2.28. The third kappa shape index (κ3) is 9.94. The van der Waals surface area contributed by atoms with Crippen LogP contribution < -0.4 is 26.7 Å². The molecule has 204 valence electrons. The van der Waals surface area contributed by atoms with Crippen molar-refractivity contribution in [2.24, 2.45) is 0 Å². The SMILES string of the molecule is O=C(CCCCCNC(=O)c1ccc(NC(=O)N[C@H](C(=O)NCc2ccccc2)c2ccccc2)cc1)NO. The zero-order valence-corrected chi connectivity index (χ0v) is 21.5. The van der Waals surface area contributed by atoms with Crippen molar-refractivity contribution in [2.75, 3.05) is 11.9 Å². The molecular weight excluding hydrogens is 498 g/mol. The minimum Gasteiger partial charge on any atom is -0.352 e. The molecule has 0 aliphatic rings. The molecule has 0 aromatic heterocycles. The summed E-state index contributed by atoms with van der Waals surface area (Å²) >= 11 is 0. The fourth-order valence-electron chi connectivity index (χ4n) is 3.78. The van der Waals surface area contributed by atoms with E-state index >= 15 is 0 Å². The first-order valence-electron chi connectivity index (χ1n) is 12.7. The van der Waals surface area contributed by atoms with Gasteiger partial charge in [0.1, 0.15) is 6.04 Å². The Balaban J connectivity index is 1.50. The van der Waals surface area contributed by atoms with E-state index in [9.17, 15) is 19.2 Å². The average molecular weight is 532 g/mol. The van der Waals surface area contributed by atoms with Crippen LogP contribution in [-0.4, -0.2) is 35.5 Å². The number of hydroxylamine groups is 1. The summed E-state index contributed by atoms with van der Waals surface area (Å²) in [6.45, 7) is 0.784. The second kappa shape index (κ2) is 15.5. The molecular formula is C29H33N5O5. The van der Waals surface area contributed by atoms with E-state index in [-0.39, 0.29) is 18.2 Å². The van der Waals surface area contributed by atoms with Gasteiger partial charge in [0.25, 0.3) is 5.91 Å². The van der Waals surface area contributed by atoms with E-state index in [1.54, 1.807) is 54.0 Å². The molecule has 0 unspecified atom stereocenters. The summed E-state index contributed by atoms with van der Waals surface area (Å²) in [5, 5.41) is 19.6. The first-order chi connectivity index (χ1) is 19.0. The number of carbonyl (C=O) groups excluding carboxylic acids is 4. The van der Waals surface area contributed by atoms with Gasteiger partial charge in [-0.1, -0.05) is 67.1 Å². The lowest BCUT2D eigenvalue weighted by atomic mass is 10.1. The van der Waals surface area contributed by atoms with Gasteiger partial charge in [0, 0.05) is 30.8 Å². The second-order valence-electron chi connectivity index (χ2n) is 8.82. The van der Waals surface area contributed by atoms with Crippen LogP contribution in [0.15, 0.2) is 84.9 Å². The monoisotopic (exact) mass is 531 g/mol. The van der Waals surface area contributed by atoms with Gasteiger partial charge in [0.15, 0.2) is 0 Å². The van der Waals surface area contributed by atoms with Crippen molar-refractivity contribution in [3.63, 3.8) is 0 Å². The summed E-state index contributed by atoms with van der Waals surface area (Å²) in [4.78, 5) is 49.1. The Morgan fingerprint density at radius 2 is 1.41 bits per heavy atom. The van der Waals surface area contributed by atoms with Crippen LogP contribution >= 0.6 is 0 Å². The van der Waals surface area contributed by atoms with Crippen LogP contribution in [-0.2, 0) is 16.1 Å². The lowest BCUT2D eigenvalue weighted by Crippen LogP contribution is -2.41. The summed E-state index contributed by atoms with van der Waals surface area (Å²) in [6, 6.07) is 23.4. The highest BCUT2D eigenvalue weighted by Crippen LogP contribution is 2.15. The first kappa shape index (κ1) is 28.9. The fraction of sp³-hybridized carbons (Fsp3) is 0.241. The fourth-order valence-corrected chi connectivity index (χ4v) is 3.78. The van der Waals surface area contributed by atoms with E-state index in [0.717, 1.165) is 12.0 Å². The van der Waals surface area contributed by atoms with Crippen molar-refractivity contribution in [1.29, 1.82) is 0 Å². The molecule has 0 spiro atoms. The Morgan fingerprint density at radius 1 is 0.744 bits per heavy atom. The molecule has 0 heterocycles. The van der Waals surface area contributed by atoms with Crippen LogP contribution in [0.25, 0.3) is 0 Å². The van der Waals surface area contributed by atoms with Crippen LogP contribution in [0.2, 0.25) is 0 Å². The average Bonchev–Trinajstić information content (AvgIpc) is 2.97. The molecule has 10 heteroatoms. The van der Waals surface area contributed by atoms with Crippen molar-refractivity contribution in [1.82, 2.24) is 21.4 Å². The lowest BCUT2D eigenvalue weighted by molar-refractivity contribution is -0.129. The van der Waals surface area contributed by atoms with Crippen LogP contribution in [0.4, 0.5) is 10.5 Å². The van der Waals surface area contributed by atoms with Crippen molar-refractivity contribution in [3.05, 3.63) is 102 Å². The number of anilines is 1. The number of carbonyl (C=O) groups is 4. The molecule has 3 aromatic carbocycles. The van der Waals surface area contributed by atoms with E-state index in [1.165, 1.54) is 0 Å². The molecule has 0 saturated carbocycles. The number of nitrogens with one attached hydrogen (secondary N) is 5. The highest BCUT2D eigenvalue weighted by Gasteiger charge is 2.22. The van der Waals surface area contributed by atoms with E-state index < -0.39 is 18.0 Å². The Labute approximate surface area is 227 Å². The molecule has 0 bridgehead atoms. The molecule has 0 aliphatic heterocycles. The lowest BCUT2D eigenvalue weighted by Gasteiger charge is -2.19. The van der Waals surface area contributed by atoms with E-state index in [2.05, 4.69) is 21.3 Å². The third-order valence-electron chi connectivity index (χ3n) is 5.88. The normalized spacial score (nSPS) is 11.1. The molecule has 1 atom stereocenters. The molecule has 3 aromatic rings. The highest BCUT2D eigenvalue weighted by atomic mass is 16.5. The summed E-state index contributed by atoms with van der Waals surface area (Å²) < 4.78 is 0. The zero-order chi connectivity index (χ0) is 27.9. The van der Waals surface area contributed by atoms with E-state index in [1.807, 2.05) is 36.4 Å². The van der Waals surface area contributed by atoms with Gasteiger partial charge < -0.3 is 21.3 Å². The van der Waals surface area contributed by atoms with Gasteiger partial charge in [0.2, 0.25) is 11.8 Å². The predicted molar refractivity (Wildman–Crippen MR) is 147 cm³/mol. The van der Waals surface area contributed by atoms with E-state index in [0.29, 0.717) is 42.7 Å². The Morgan fingerprint density at radius 3 is 2.08 bits per heavy atom. The van der Waals surface area contributed by atoms with Gasteiger partial charge >= 0.3 is 6.03 Å². The largest absolute Gasteiger partial charge is 0.352 e. The predicted octanol–water partition coefficient (Wildman–Crippen LogP) is 3.66. The highest BCUT2D eigenvalue weighted by molar-refractivity contribution is 5.96. The number of benzene rings is 3. The third-order valence-corrected chi connectivity index (χ3v) is 5.88. The quantitative estimate of drug-likeness (QED) is 0.113. The number of hydrogen-bond acceptors (Lipinski definition) is 5. The maximum Gasteiger partial charge on any atom is 0.320 e. The van der Waals surface area contributed by atoms with Gasteiger partial charge in [-0.3, -0.25) is 19.6 Å². The smallest absolute Gasteiger partial charge is 0.320 e. The molecule has 10 nitrogen and oxygen atoms in total. The molecule has 0 fully saturated rings. The van der Waals surface area contributed by atoms with Gasteiger partial charge in [-0.2, -0.15) is 0 Å². The zero-order valence-electron chi connectivity index (χ0n) is 21.5. The Kier molecular flexibility index (Phi) is 11.5. The number of unbranched alkanes of at least 4 members (excludes halogenated alkanes) is 2. The van der Waals surface area contributed by atoms with Crippen molar-refractivity contribution < 1.29 is 24.4 Å². The molecule has 0 saturated heterocycles. The Hall–Kier alpha value is -4.70. The molecule has 0 aliphatic carbocycles. The van der Waals surface area contributed by atoms with Gasteiger partial charge in [-0.05, 0) is 48.2 Å². The maximum atomic E-state index is 13.0. The minimum atomic E-state index is -0.905.